The minimum absolute atomic E-state index is 0.0370. The molecule has 2 heterocycles. The minimum Gasteiger partial charge on any atom is -0.497 e. The van der Waals surface area contributed by atoms with E-state index in [1.165, 1.54) is 11.1 Å². The molecule has 0 atom stereocenters. The van der Waals surface area contributed by atoms with Crippen LogP contribution in [-0.4, -0.2) is 61.4 Å². The summed E-state index contributed by atoms with van der Waals surface area (Å²) in [4.78, 5) is 31.2. The lowest BCUT2D eigenvalue weighted by Crippen LogP contribution is -2.50. The van der Waals surface area contributed by atoms with Gasteiger partial charge >= 0.3 is 0 Å². The maximum Gasteiger partial charge on any atom is 0.232 e. The number of hydrogen-bond acceptors (Lipinski definition) is 4. The number of rotatable bonds is 4. The van der Waals surface area contributed by atoms with E-state index in [0.29, 0.717) is 26.2 Å². The van der Waals surface area contributed by atoms with Gasteiger partial charge in [0.15, 0.2) is 0 Å². The Balaban J connectivity index is 1.28. The predicted octanol–water partition coefficient (Wildman–Crippen LogP) is 2.32. The molecule has 2 aromatic rings. The number of amides is 2. The molecule has 0 unspecified atom stereocenters. The van der Waals surface area contributed by atoms with E-state index >= 15 is 0 Å². The highest BCUT2D eigenvalue weighted by Gasteiger charge is 2.26. The summed E-state index contributed by atoms with van der Waals surface area (Å²) in [7, 11) is 1.66. The van der Waals surface area contributed by atoms with Gasteiger partial charge in [0.2, 0.25) is 11.8 Å². The van der Waals surface area contributed by atoms with Crippen molar-refractivity contribution in [2.75, 3.05) is 44.7 Å². The molecule has 1 saturated heterocycles. The normalized spacial score (nSPS) is 16.4. The molecule has 2 aromatic carbocycles. The molecule has 2 aliphatic heterocycles. The van der Waals surface area contributed by atoms with Crippen molar-refractivity contribution in [2.45, 2.75) is 19.4 Å². The second kappa shape index (κ2) is 8.55. The molecule has 0 bridgehead atoms. The van der Waals surface area contributed by atoms with E-state index in [-0.39, 0.29) is 18.2 Å². The molecule has 152 valence electrons. The van der Waals surface area contributed by atoms with Crippen molar-refractivity contribution in [1.82, 2.24) is 9.80 Å². The van der Waals surface area contributed by atoms with E-state index in [9.17, 15) is 9.59 Å². The number of nitrogens with zero attached hydrogens (tertiary/aromatic N) is 3. The summed E-state index contributed by atoms with van der Waals surface area (Å²) < 4.78 is 5.20. The second-order valence-corrected chi connectivity index (χ2v) is 7.58. The molecule has 2 amide bonds. The van der Waals surface area contributed by atoms with Gasteiger partial charge in [0, 0.05) is 45.0 Å². The molecule has 6 heteroatoms. The summed E-state index contributed by atoms with van der Waals surface area (Å²) in [5.74, 6) is 0.701. The highest BCUT2D eigenvalue weighted by molar-refractivity contribution is 5.97. The second-order valence-electron chi connectivity index (χ2n) is 7.58. The van der Waals surface area contributed by atoms with E-state index in [2.05, 4.69) is 17.0 Å². The Morgan fingerprint density at radius 2 is 1.48 bits per heavy atom. The molecule has 29 heavy (non-hydrogen) atoms. The van der Waals surface area contributed by atoms with E-state index in [4.69, 9.17) is 4.74 Å². The maximum absolute atomic E-state index is 12.7. The number of benzene rings is 2. The number of ether oxygens (including phenoxy) is 1. The Bertz CT molecular complexity index is 873. The fraction of sp³-hybridized carbons (Fsp3) is 0.391. The highest BCUT2D eigenvalue weighted by atomic mass is 16.5. The highest BCUT2D eigenvalue weighted by Crippen LogP contribution is 2.22. The van der Waals surface area contributed by atoms with Crippen molar-refractivity contribution in [3.05, 3.63) is 59.7 Å². The van der Waals surface area contributed by atoms with Gasteiger partial charge in [-0.2, -0.15) is 0 Å². The summed E-state index contributed by atoms with van der Waals surface area (Å²) in [5, 5.41) is 0. The zero-order valence-corrected chi connectivity index (χ0v) is 16.8. The van der Waals surface area contributed by atoms with Crippen LogP contribution in [0.25, 0.3) is 0 Å². The molecule has 6 nitrogen and oxygen atoms in total. The number of carbonyl (C=O) groups is 2. The Labute approximate surface area is 171 Å². The zero-order chi connectivity index (χ0) is 20.2. The Kier molecular flexibility index (Phi) is 5.69. The molecule has 0 radical (unpaired) electrons. The van der Waals surface area contributed by atoms with Crippen LogP contribution < -0.4 is 9.64 Å². The fourth-order valence-corrected chi connectivity index (χ4v) is 4.07. The number of piperazine rings is 1. The van der Waals surface area contributed by atoms with Crippen molar-refractivity contribution in [3.8, 4) is 5.75 Å². The first kappa shape index (κ1) is 19.3. The first-order valence-electron chi connectivity index (χ1n) is 10.2. The van der Waals surface area contributed by atoms with Crippen LogP contribution in [0.3, 0.4) is 0 Å². The molecule has 0 aromatic heterocycles. The van der Waals surface area contributed by atoms with Crippen molar-refractivity contribution < 1.29 is 14.3 Å². The third-order valence-electron chi connectivity index (χ3n) is 5.86. The van der Waals surface area contributed by atoms with Crippen LogP contribution in [0.5, 0.6) is 5.75 Å². The lowest BCUT2D eigenvalue weighted by Gasteiger charge is -2.36. The van der Waals surface area contributed by atoms with Crippen LogP contribution in [0.1, 0.15) is 17.5 Å². The molecule has 0 saturated carbocycles. The number of hydrogen-bond donors (Lipinski definition) is 0. The number of anilines is 1. The first-order chi connectivity index (χ1) is 14.1. The van der Waals surface area contributed by atoms with E-state index < -0.39 is 0 Å². The van der Waals surface area contributed by atoms with Gasteiger partial charge in [0.1, 0.15) is 12.2 Å². The minimum atomic E-state index is -0.0675. The van der Waals surface area contributed by atoms with Gasteiger partial charge in [-0.15, -0.1) is 0 Å². The zero-order valence-electron chi connectivity index (χ0n) is 16.8. The lowest BCUT2D eigenvalue weighted by molar-refractivity contribution is -0.141. The molecular formula is C23H27N3O3. The van der Waals surface area contributed by atoms with Gasteiger partial charge in [-0.3, -0.25) is 9.59 Å². The number of fused-ring (bicyclic) bond motifs is 1. The van der Waals surface area contributed by atoms with Crippen molar-refractivity contribution >= 4 is 17.5 Å². The summed E-state index contributed by atoms with van der Waals surface area (Å²) in [6, 6.07) is 16.2. The van der Waals surface area contributed by atoms with Crippen molar-refractivity contribution in [1.29, 1.82) is 0 Å². The molecule has 2 aliphatic rings. The quantitative estimate of drug-likeness (QED) is 0.748. The van der Waals surface area contributed by atoms with Crippen LogP contribution in [0, 0.1) is 0 Å². The van der Waals surface area contributed by atoms with E-state index in [1.807, 2.05) is 46.2 Å². The summed E-state index contributed by atoms with van der Waals surface area (Å²) in [6.45, 7) is 4.11. The van der Waals surface area contributed by atoms with Crippen LogP contribution in [0.2, 0.25) is 0 Å². The molecule has 0 aliphatic carbocycles. The molecule has 4 rings (SSSR count). The third-order valence-corrected chi connectivity index (χ3v) is 5.86. The number of carbonyl (C=O) groups excluding carboxylic acids is 2. The molecule has 1 fully saturated rings. The third kappa shape index (κ3) is 4.36. The molecule has 0 N–H and O–H groups in total. The Hall–Kier alpha value is -3.02. The van der Waals surface area contributed by atoms with Crippen LogP contribution >= 0.6 is 0 Å². The average molecular weight is 393 g/mol. The monoisotopic (exact) mass is 393 g/mol. The Morgan fingerprint density at radius 1 is 0.828 bits per heavy atom. The lowest BCUT2D eigenvalue weighted by atomic mass is 10.00. The Morgan fingerprint density at radius 3 is 2.17 bits per heavy atom. The van der Waals surface area contributed by atoms with Gasteiger partial charge < -0.3 is 19.4 Å². The average Bonchev–Trinajstić information content (AvgIpc) is 2.79. The van der Waals surface area contributed by atoms with Crippen molar-refractivity contribution in [3.63, 3.8) is 0 Å². The molecular weight excluding hydrogens is 366 g/mol. The van der Waals surface area contributed by atoms with Crippen LogP contribution in [-0.2, 0) is 22.6 Å². The summed E-state index contributed by atoms with van der Waals surface area (Å²) >= 11 is 0. The fourth-order valence-electron chi connectivity index (χ4n) is 4.07. The van der Waals surface area contributed by atoms with Gasteiger partial charge in [0.25, 0.3) is 0 Å². The standard InChI is InChI=1S/C23H27N3O3/c1-29-21-8-6-20(7-9-21)24-12-14-25(15-13-24)22(27)16-23(28)26-11-10-18-4-2-3-5-19(18)17-26/h2-9H,10-17H2,1H3. The van der Waals surface area contributed by atoms with Gasteiger partial charge in [-0.05, 0) is 41.8 Å². The smallest absolute Gasteiger partial charge is 0.232 e. The largest absolute Gasteiger partial charge is 0.497 e. The van der Waals surface area contributed by atoms with E-state index in [0.717, 1.165) is 30.9 Å². The molecule has 0 spiro atoms. The van der Waals surface area contributed by atoms with Crippen molar-refractivity contribution in [2.24, 2.45) is 0 Å². The van der Waals surface area contributed by atoms with E-state index in [1.54, 1.807) is 7.11 Å². The van der Waals surface area contributed by atoms with Crippen LogP contribution in [0.4, 0.5) is 5.69 Å². The first-order valence-corrected chi connectivity index (χ1v) is 10.2. The predicted molar refractivity (Wildman–Crippen MR) is 112 cm³/mol. The van der Waals surface area contributed by atoms with Gasteiger partial charge in [0.05, 0.1) is 7.11 Å². The SMILES string of the molecule is COc1ccc(N2CCN(C(=O)CC(=O)N3CCc4ccccc4C3)CC2)cc1. The number of methoxy groups -OCH3 is 1. The summed E-state index contributed by atoms with van der Waals surface area (Å²) in [6.07, 6.45) is 0.821. The topological polar surface area (TPSA) is 53.1 Å². The summed E-state index contributed by atoms with van der Waals surface area (Å²) in [5.41, 5.74) is 3.62. The maximum atomic E-state index is 12.7. The van der Waals surface area contributed by atoms with Crippen LogP contribution in [0.15, 0.2) is 48.5 Å². The van der Waals surface area contributed by atoms with Gasteiger partial charge in [-0.1, -0.05) is 24.3 Å². The van der Waals surface area contributed by atoms with Gasteiger partial charge in [-0.25, -0.2) is 0 Å².